The van der Waals surface area contributed by atoms with Crippen molar-refractivity contribution in [1.82, 2.24) is 4.90 Å². The molecule has 30 heavy (non-hydrogen) atoms. The van der Waals surface area contributed by atoms with Gasteiger partial charge in [0, 0.05) is 36.3 Å². The topological polar surface area (TPSA) is 79.0 Å². The summed E-state index contributed by atoms with van der Waals surface area (Å²) in [6, 6.07) is 11.8. The Hall–Kier alpha value is -3.06. The van der Waals surface area contributed by atoms with E-state index in [9.17, 15) is 14.4 Å². The van der Waals surface area contributed by atoms with E-state index in [1.54, 1.807) is 61.4 Å². The van der Waals surface area contributed by atoms with Crippen molar-refractivity contribution in [2.24, 2.45) is 0 Å². The first-order valence-corrected chi connectivity index (χ1v) is 10.1. The lowest BCUT2D eigenvalue weighted by atomic mass is 10.1. The van der Waals surface area contributed by atoms with Gasteiger partial charge in [0.15, 0.2) is 0 Å². The minimum atomic E-state index is -0.329. The largest absolute Gasteiger partial charge is 0.497 e. The highest BCUT2D eigenvalue weighted by Gasteiger charge is 2.28. The number of nitrogens with zero attached hydrogens (tertiary/aromatic N) is 2. The molecule has 0 saturated carbocycles. The Morgan fingerprint density at radius 3 is 2.70 bits per heavy atom. The third-order valence-corrected chi connectivity index (χ3v) is 5.15. The van der Waals surface area contributed by atoms with Crippen molar-refractivity contribution in [2.75, 3.05) is 37.0 Å². The van der Waals surface area contributed by atoms with Crippen LogP contribution in [0, 0.1) is 0 Å². The fourth-order valence-corrected chi connectivity index (χ4v) is 3.55. The summed E-state index contributed by atoms with van der Waals surface area (Å²) in [5, 5.41) is 3.22. The number of hydrogen-bond donors (Lipinski definition) is 1. The van der Waals surface area contributed by atoms with Gasteiger partial charge in [-0.25, -0.2) is 0 Å². The Bertz CT molecular complexity index is 963. The molecular formula is C22H24ClN3O4. The SMILES string of the molecule is CCN(CC(=O)Nc1cccc(OC)c1)C(=O)c1ccc(Cl)cc1N1CCCC1=O. The number of hydrogen-bond acceptors (Lipinski definition) is 4. The molecular weight excluding hydrogens is 406 g/mol. The first kappa shape index (κ1) is 21.6. The van der Waals surface area contributed by atoms with E-state index in [1.807, 2.05) is 0 Å². The summed E-state index contributed by atoms with van der Waals surface area (Å²) in [7, 11) is 1.55. The number of methoxy groups -OCH3 is 1. The summed E-state index contributed by atoms with van der Waals surface area (Å²) in [5.41, 5.74) is 1.42. The van der Waals surface area contributed by atoms with Gasteiger partial charge in [-0.2, -0.15) is 0 Å². The average Bonchev–Trinajstić information content (AvgIpc) is 3.17. The first-order valence-electron chi connectivity index (χ1n) is 9.76. The Labute approximate surface area is 180 Å². The van der Waals surface area contributed by atoms with Crippen LogP contribution in [0.5, 0.6) is 5.75 Å². The van der Waals surface area contributed by atoms with E-state index in [0.29, 0.717) is 47.2 Å². The van der Waals surface area contributed by atoms with Crippen LogP contribution >= 0.6 is 11.6 Å². The van der Waals surface area contributed by atoms with Gasteiger partial charge in [-0.1, -0.05) is 17.7 Å². The second-order valence-corrected chi connectivity index (χ2v) is 7.35. The summed E-state index contributed by atoms with van der Waals surface area (Å²) < 4.78 is 5.16. The number of benzene rings is 2. The van der Waals surface area contributed by atoms with Crippen molar-refractivity contribution in [3.05, 3.63) is 53.1 Å². The van der Waals surface area contributed by atoms with Gasteiger partial charge in [0.2, 0.25) is 11.8 Å². The highest BCUT2D eigenvalue weighted by molar-refractivity contribution is 6.31. The quantitative estimate of drug-likeness (QED) is 0.729. The third-order valence-electron chi connectivity index (χ3n) is 4.91. The number of carbonyl (C=O) groups excluding carboxylic acids is 3. The number of halogens is 1. The van der Waals surface area contributed by atoms with E-state index < -0.39 is 0 Å². The molecule has 0 unspecified atom stereocenters. The van der Waals surface area contributed by atoms with Crippen LogP contribution < -0.4 is 15.0 Å². The molecule has 1 aliphatic heterocycles. The maximum Gasteiger partial charge on any atom is 0.256 e. The molecule has 8 heteroatoms. The molecule has 0 aromatic heterocycles. The Balaban J connectivity index is 1.77. The second-order valence-electron chi connectivity index (χ2n) is 6.91. The second kappa shape index (κ2) is 9.63. The molecule has 0 atom stereocenters. The number of anilines is 2. The Kier molecular flexibility index (Phi) is 6.95. The van der Waals surface area contributed by atoms with Gasteiger partial charge < -0.3 is 19.9 Å². The summed E-state index contributed by atoms with van der Waals surface area (Å²) in [6.45, 7) is 2.55. The molecule has 0 bridgehead atoms. The molecule has 2 aromatic carbocycles. The van der Waals surface area contributed by atoms with Gasteiger partial charge >= 0.3 is 0 Å². The van der Waals surface area contributed by atoms with Crippen LogP contribution in [0.25, 0.3) is 0 Å². The molecule has 1 saturated heterocycles. The molecule has 3 amide bonds. The van der Waals surface area contributed by atoms with Crippen LogP contribution in [-0.4, -0.2) is 49.4 Å². The molecule has 0 spiro atoms. The van der Waals surface area contributed by atoms with Gasteiger partial charge in [0.05, 0.1) is 18.4 Å². The number of ether oxygens (including phenoxy) is 1. The molecule has 0 radical (unpaired) electrons. The summed E-state index contributed by atoms with van der Waals surface area (Å²) in [5.74, 6) is -0.0710. The normalized spacial score (nSPS) is 13.3. The average molecular weight is 430 g/mol. The van der Waals surface area contributed by atoms with E-state index in [-0.39, 0.29) is 24.3 Å². The number of amides is 3. The van der Waals surface area contributed by atoms with Crippen molar-refractivity contribution < 1.29 is 19.1 Å². The Morgan fingerprint density at radius 2 is 2.03 bits per heavy atom. The maximum atomic E-state index is 13.2. The molecule has 7 nitrogen and oxygen atoms in total. The number of likely N-dealkylation sites (N-methyl/N-ethyl adjacent to an activating group) is 1. The number of rotatable bonds is 7. The minimum Gasteiger partial charge on any atom is -0.497 e. The lowest BCUT2D eigenvalue weighted by Crippen LogP contribution is -2.39. The van der Waals surface area contributed by atoms with Gasteiger partial charge in [-0.05, 0) is 43.7 Å². The minimum absolute atomic E-state index is 0.0369. The molecule has 1 fully saturated rings. The zero-order chi connectivity index (χ0) is 21.7. The van der Waals surface area contributed by atoms with Crippen LogP contribution in [0.1, 0.15) is 30.1 Å². The van der Waals surface area contributed by atoms with E-state index >= 15 is 0 Å². The lowest BCUT2D eigenvalue weighted by molar-refractivity contribution is -0.117. The Morgan fingerprint density at radius 1 is 1.23 bits per heavy atom. The molecule has 0 aliphatic carbocycles. The van der Waals surface area contributed by atoms with E-state index in [1.165, 1.54) is 4.90 Å². The van der Waals surface area contributed by atoms with Crippen LogP contribution in [0.2, 0.25) is 5.02 Å². The van der Waals surface area contributed by atoms with Crippen LogP contribution in [0.3, 0.4) is 0 Å². The summed E-state index contributed by atoms with van der Waals surface area (Å²) in [6.07, 6.45) is 1.18. The smallest absolute Gasteiger partial charge is 0.256 e. The molecule has 158 valence electrons. The zero-order valence-corrected chi connectivity index (χ0v) is 17.7. The van der Waals surface area contributed by atoms with Crippen molar-refractivity contribution in [2.45, 2.75) is 19.8 Å². The van der Waals surface area contributed by atoms with Gasteiger partial charge in [-0.15, -0.1) is 0 Å². The molecule has 1 N–H and O–H groups in total. The van der Waals surface area contributed by atoms with Crippen LogP contribution in [0.15, 0.2) is 42.5 Å². The van der Waals surface area contributed by atoms with Crippen LogP contribution in [0.4, 0.5) is 11.4 Å². The maximum absolute atomic E-state index is 13.2. The van der Waals surface area contributed by atoms with Crippen molar-refractivity contribution in [3.63, 3.8) is 0 Å². The third kappa shape index (κ3) is 4.91. The van der Waals surface area contributed by atoms with E-state index in [2.05, 4.69) is 5.32 Å². The number of carbonyl (C=O) groups is 3. The van der Waals surface area contributed by atoms with E-state index in [0.717, 1.165) is 6.42 Å². The molecule has 3 rings (SSSR count). The van der Waals surface area contributed by atoms with Gasteiger partial charge in [0.1, 0.15) is 12.3 Å². The van der Waals surface area contributed by atoms with Crippen molar-refractivity contribution >= 4 is 40.7 Å². The fraction of sp³-hybridized carbons (Fsp3) is 0.318. The fourth-order valence-electron chi connectivity index (χ4n) is 3.38. The molecule has 1 aliphatic rings. The molecule has 2 aromatic rings. The van der Waals surface area contributed by atoms with Crippen molar-refractivity contribution in [3.8, 4) is 5.75 Å². The monoisotopic (exact) mass is 429 g/mol. The van der Waals surface area contributed by atoms with Gasteiger partial charge in [0.25, 0.3) is 5.91 Å². The lowest BCUT2D eigenvalue weighted by Gasteiger charge is -2.25. The highest BCUT2D eigenvalue weighted by atomic mass is 35.5. The van der Waals surface area contributed by atoms with Gasteiger partial charge in [-0.3, -0.25) is 14.4 Å². The van der Waals surface area contributed by atoms with Crippen molar-refractivity contribution in [1.29, 1.82) is 0 Å². The molecule has 1 heterocycles. The summed E-state index contributed by atoms with van der Waals surface area (Å²) in [4.78, 5) is 41.0. The highest BCUT2D eigenvalue weighted by Crippen LogP contribution is 2.29. The standard InChI is InChI=1S/C22H24ClN3O4/c1-3-25(14-20(27)24-16-6-4-7-17(13-16)30-2)22(29)18-10-9-15(23)12-19(18)26-11-5-8-21(26)28/h4,6-7,9-10,12-13H,3,5,8,11,14H2,1-2H3,(H,24,27). The predicted octanol–water partition coefficient (Wildman–Crippen LogP) is 3.58. The number of nitrogens with one attached hydrogen (secondary N) is 1. The zero-order valence-electron chi connectivity index (χ0n) is 17.0. The first-order chi connectivity index (χ1) is 14.4. The van der Waals surface area contributed by atoms with E-state index in [4.69, 9.17) is 16.3 Å². The summed E-state index contributed by atoms with van der Waals surface area (Å²) >= 11 is 6.12. The predicted molar refractivity (Wildman–Crippen MR) is 116 cm³/mol. The van der Waals surface area contributed by atoms with Crippen LogP contribution in [-0.2, 0) is 9.59 Å².